The van der Waals surface area contributed by atoms with Crippen LogP contribution in [-0.2, 0) is 9.47 Å². The number of carbonyl (C=O) groups is 2. The molecule has 3 aliphatic rings. The van der Waals surface area contributed by atoms with E-state index >= 15 is 0 Å². The molecule has 0 radical (unpaired) electrons. The number of rotatable bonds is 0. The maximum atomic E-state index is 12.5. The van der Waals surface area contributed by atoms with Gasteiger partial charge in [-0.3, -0.25) is 0 Å². The number of hydrogen-bond acceptors (Lipinski definition) is 4. The van der Waals surface area contributed by atoms with E-state index in [9.17, 15) is 9.59 Å². The van der Waals surface area contributed by atoms with E-state index in [2.05, 4.69) is 12.2 Å². The van der Waals surface area contributed by atoms with Gasteiger partial charge in [-0.05, 0) is 54.4 Å². The molecule has 0 spiro atoms. The lowest BCUT2D eigenvalue weighted by atomic mass is 9.98. The molecule has 27 heavy (non-hydrogen) atoms. The largest absolute Gasteiger partial charge is 0.444 e. The molecule has 0 unspecified atom stereocenters. The Morgan fingerprint density at radius 3 is 1.30 bits per heavy atom. The van der Waals surface area contributed by atoms with Gasteiger partial charge in [-0.25, -0.2) is 9.59 Å². The second-order valence-electron chi connectivity index (χ2n) is 8.52. The van der Waals surface area contributed by atoms with Crippen LogP contribution in [0.15, 0.2) is 12.2 Å². The first-order valence-corrected chi connectivity index (χ1v) is 8.60. The summed E-state index contributed by atoms with van der Waals surface area (Å²) in [6.45, 7) is 12.1. The second kappa shape index (κ2) is 10.00. The molecule has 6 nitrogen and oxygen atoms in total. The zero-order valence-electron chi connectivity index (χ0n) is 15.7. The van der Waals surface area contributed by atoms with Crippen LogP contribution in [0.4, 0.5) is 9.59 Å². The van der Waals surface area contributed by atoms with Crippen molar-refractivity contribution in [3.05, 3.63) is 12.2 Å². The SMILES string of the molecule is C.C.C.CC(C)(C)OC(=O)N1C[C@H]2C/C=C\C[C@@H]1CN2C(=O)OC(C)(C)C. The molecule has 0 N–H and O–H groups in total. The molecule has 160 valence electrons. The highest BCUT2D eigenvalue weighted by Crippen LogP contribution is 2.27. The lowest BCUT2D eigenvalue weighted by molar-refractivity contribution is -0.0306. The predicted octanol–water partition coefficient (Wildman–Crippen LogP) is 5.47. The fourth-order valence-corrected chi connectivity index (χ4v) is 2.95. The van der Waals surface area contributed by atoms with Crippen molar-refractivity contribution in [3.8, 4) is 0 Å². The van der Waals surface area contributed by atoms with E-state index in [-0.39, 0.29) is 46.6 Å². The molecule has 3 aliphatic heterocycles. The average Bonchev–Trinajstić information content (AvgIpc) is 2.33. The Labute approximate surface area is 166 Å². The first-order valence-electron chi connectivity index (χ1n) is 8.60. The molecule has 3 rings (SSSR count). The molecule has 2 bridgehead atoms. The molecule has 2 amide bonds. The Morgan fingerprint density at radius 2 is 1.04 bits per heavy atom. The van der Waals surface area contributed by atoms with Crippen LogP contribution >= 0.6 is 0 Å². The molecule has 6 heteroatoms. The summed E-state index contributed by atoms with van der Waals surface area (Å²) in [7, 11) is 0. The van der Waals surface area contributed by atoms with Crippen molar-refractivity contribution in [1.82, 2.24) is 9.80 Å². The van der Waals surface area contributed by atoms with Gasteiger partial charge >= 0.3 is 12.2 Å². The van der Waals surface area contributed by atoms with E-state index in [1.54, 1.807) is 9.80 Å². The van der Waals surface area contributed by atoms with Gasteiger partial charge in [0.2, 0.25) is 0 Å². The van der Waals surface area contributed by atoms with Gasteiger partial charge in [0, 0.05) is 13.1 Å². The molecular formula is C21H42N2O4. The van der Waals surface area contributed by atoms with Crippen molar-refractivity contribution >= 4 is 12.2 Å². The summed E-state index contributed by atoms with van der Waals surface area (Å²) in [6.07, 6.45) is 4.98. The predicted molar refractivity (Wildman–Crippen MR) is 112 cm³/mol. The molecule has 0 aromatic rings. The molecule has 0 aliphatic carbocycles. The van der Waals surface area contributed by atoms with Crippen LogP contribution < -0.4 is 0 Å². The van der Waals surface area contributed by atoms with Gasteiger partial charge in [0.1, 0.15) is 11.2 Å². The number of fused-ring (bicyclic) bond motifs is 4. The monoisotopic (exact) mass is 386 g/mol. The Morgan fingerprint density at radius 1 is 0.741 bits per heavy atom. The highest BCUT2D eigenvalue weighted by molar-refractivity contribution is 5.72. The van der Waals surface area contributed by atoms with Gasteiger partial charge in [0.25, 0.3) is 0 Å². The summed E-state index contributed by atoms with van der Waals surface area (Å²) in [5.74, 6) is 0. The number of carbonyl (C=O) groups excluding carboxylic acids is 2. The molecule has 1 saturated heterocycles. The normalized spacial score (nSPS) is 22.9. The first kappa shape index (κ1) is 27.5. The summed E-state index contributed by atoms with van der Waals surface area (Å²) in [5.41, 5.74) is -1.06. The lowest BCUT2D eigenvalue weighted by Gasteiger charge is -2.46. The van der Waals surface area contributed by atoms with E-state index in [4.69, 9.17) is 9.47 Å². The van der Waals surface area contributed by atoms with Crippen molar-refractivity contribution in [2.75, 3.05) is 13.1 Å². The first-order chi connectivity index (χ1) is 11.0. The number of ether oxygens (including phenoxy) is 2. The maximum Gasteiger partial charge on any atom is 0.410 e. The third-order valence-corrected chi connectivity index (χ3v) is 3.94. The van der Waals surface area contributed by atoms with Gasteiger partial charge in [-0.2, -0.15) is 0 Å². The summed E-state index contributed by atoms with van der Waals surface area (Å²) >= 11 is 0. The Hall–Kier alpha value is -1.72. The summed E-state index contributed by atoms with van der Waals surface area (Å²) in [4.78, 5) is 28.6. The van der Waals surface area contributed by atoms with Crippen molar-refractivity contribution in [2.45, 2.75) is 99.9 Å². The van der Waals surface area contributed by atoms with Crippen LogP contribution in [0.5, 0.6) is 0 Å². The summed E-state index contributed by atoms with van der Waals surface area (Å²) in [5, 5.41) is 0. The van der Waals surface area contributed by atoms with Gasteiger partial charge in [0.05, 0.1) is 12.1 Å². The minimum absolute atomic E-state index is 0. The molecule has 0 aromatic heterocycles. The second-order valence-corrected chi connectivity index (χ2v) is 8.52. The summed E-state index contributed by atoms with van der Waals surface area (Å²) in [6, 6.07) is -0.166. The van der Waals surface area contributed by atoms with Crippen LogP contribution in [-0.4, -0.2) is 58.4 Å². The number of piperazine rings is 1. The minimum Gasteiger partial charge on any atom is -0.444 e. The molecule has 2 atom stereocenters. The molecular weight excluding hydrogens is 344 g/mol. The zero-order valence-corrected chi connectivity index (χ0v) is 15.7. The van der Waals surface area contributed by atoms with Crippen molar-refractivity contribution in [3.63, 3.8) is 0 Å². The van der Waals surface area contributed by atoms with Gasteiger partial charge < -0.3 is 19.3 Å². The highest BCUT2D eigenvalue weighted by atomic mass is 16.6. The Kier molecular flexibility index (Phi) is 10.2. The fraction of sp³-hybridized carbons (Fsp3) is 0.810. The average molecular weight is 387 g/mol. The van der Waals surface area contributed by atoms with Crippen LogP contribution in [0.3, 0.4) is 0 Å². The van der Waals surface area contributed by atoms with Crippen molar-refractivity contribution in [1.29, 1.82) is 0 Å². The third-order valence-electron chi connectivity index (χ3n) is 3.94. The number of hydrogen-bond donors (Lipinski definition) is 0. The molecule has 0 saturated carbocycles. The minimum atomic E-state index is -0.528. The topological polar surface area (TPSA) is 59.1 Å². The lowest BCUT2D eigenvalue weighted by Crippen LogP contribution is -2.62. The Bertz CT molecular complexity index is 471. The fourth-order valence-electron chi connectivity index (χ4n) is 2.95. The third kappa shape index (κ3) is 7.81. The number of amides is 2. The standard InChI is InChI=1S/C18H30N2O4.3CH4/c1-17(2,3)23-15(21)19-11-14-10-8-7-9-13(19)12-20(14)16(22)24-18(4,5)6;;;/h7-8,13-14H,9-12H2,1-6H3;3*1H4/b8-7-;;;/t13-,14-;;;/m1.../s1. The number of nitrogens with zero attached hydrogens (tertiary/aromatic N) is 2. The van der Waals surface area contributed by atoms with Gasteiger partial charge in [-0.15, -0.1) is 0 Å². The smallest absolute Gasteiger partial charge is 0.410 e. The summed E-state index contributed by atoms with van der Waals surface area (Å²) < 4.78 is 11.1. The molecule has 0 aromatic carbocycles. The Balaban J connectivity index is 0. The van der Waals surface area contributed by atoms with Crippen LogP contribution in [0, 0.1) is 0 Å². The van der Waals surface area contributed by atoms with E-state index in [1.165, 1.54) is 0 Å². The highest BCUT2D eigenvalue weighted by Gasteiger charge is 2.41. The van der Waals surface area contributed by atoms with E-state index < -0.39 is 11.2 Å². The van der Waals surface area contributed by atoms with Crippen LogP contribution in [0.2, 0.25) is 0 Å². The van der Waals surface area contributed by atoms with Gasteiger partial charge in [0.15, 0.2) is 0 Å². The zero-order chi connectivity index (χ0) is 18.1. The van der Waals surface area contributed by atoms with Gasteiger partial charge in [-0.1, -0.05) is 34.4 Å². The van der Waals surface area contributed by atoms with Crippen molar-refractivity contribution < 1.29 is 19.1 Å². The van der Waals surface area contributed by atoms with E-state index in [0.29, 0.717) is 25.9 Å². The maximum absolute atomic E-state index is 12.5. The van der Waals surface area contributed by atoms with Crippen molar-refractivity contribution in [2.24, 2.45) is 0 Å². The molecule has 1 fully saturated rings. The molecule has 3 heterocycles. The van der Waals surface area contributed by atoms with E-state index in [0.717, 1.165) is 0 Å². The quantitative estimate of drug-likeness (QED) is 0.518. The van der Waals surface area contributed by atoms with E-state index in [1.807, 2.05) is 41.5 Å². The van der Waals surface area contributed by atoms with Crippen LogP contribution in [0.25, 0.3) is 0 Å². The van der Waals surface area contributed by atoms with Crippen LogP contribution in [0.1, 0.15) is 76.7 Å².